The van der Waals surface area contributed by atoms with Crippen molar-refractivity contribution in [1.29, 1.82) is 0 Å². The number of aromatic amines is 2. The van der Waals surface area contributed by atoms with E-state index in [-0.39, 0.29) is 16.9 Å². The molecule has 1 aromatic carbocycles. The maximum Gasteiger partial charge on any atom is 0.323 e. The van der Waals surface area contributed by atoms with E-state index < -0.39 is 0 Å². The number of hydrogen-bond donors (Lipinski definition) is 3. The van der Waals surface area contributed by atoms with Crippen molar-refractivity contribution in [2.24, 2.45) is 0 Å². The molecule has 0 amide bonds. The summed E-state index contributed by atoms with van der Waals surface area (Å²) in [6, 6.07) is 12.4. The van der Waals surface area contributed by atoms with Gasteiger partial charge in [-0.2, -0.15) is 0 Å². The van der Waals surface area contributed by atoms with E-state index in [1.165, 1.54) is 6.07 Å². The molecule has 8 heteroatoms. The highest BCUT2D eigenvalue weighted by Gasteiger charge is 2.41. The number of halogens is 1. The fourth-order valence-electron chi connectivity index (χ4n) is 3.91. The molecule has 0 radical (unpaired) electrons. The zero-order valence-electron chi connectivity index (χ0n) is 15.6. The van der Waals surface area contributed by atoms with Gasteiger partial charge >= 0.3 is 5.69 Å². The molecular weight excluding hydrogens is 371 g/mol. The fourth-order valence-corrected chi connectivity index (χ4v) is 3.91. The Morgan fingerprint density at radius 3 is 2.66 bits per heavy atom. The first-order valence-electron chi connectivity index (χ1n) is 9.54. The minimum Gasteiger partial charge on any atom is -0.368 e. The van der Waals surface area contributed by atoms with E-state index in [1.54, 1.807) is 12.3 Å². The molecule has 3 heterocycles. The molecule has 0 unspecified atom stereocenters. The van der Waals surface area contributed by atoms with Gasteiger partial charge in [0, 0.05) is 23.7 Å². The van der Waals surface area contributed by atoms with Crippen LogP contribution in [-0.2, 0) is 5.41 Å². The SMILES string of the molecule is O=c1[nH]c2ccc(-c3ccc(NCC4(c5ncccc5F)CCC4)nn3)cc2[nH]1. The number of imidazole rings is 1. The predicted molar refractivity (Wildman–Crippen MR) is 108 cm³/mol. The number of pyridine rings is 1. The van der Waals surface area contributed by atoms with E-state index in [2.05, 4.69) is 30.5 Å². The quantitative estimate of drug-likeness (QED) is 0.485. The van der Waals surface area contributed by atoms with Crippen LogP contribution in [0.15, 0.2) is 53.5 Å². The third kappa shape index (κ3) is 3.16. The first kappa shape index (κ1) is 17.5. The highest BCUT2D eigenvalue weighted by molar-refractivity contribution is 5.80. The summed E-state index contributed by atoms with van der Waals surface area (Å²) >= 11 is 0. The maximum absolute atomic E-state index is 14.2. The van der Waals surface area contributed by atoms with E-state index in [9.17, 15) is 9.18 Å². The molecule has 146 valence electrons. The van der Waals surface area contributed by atoms with Gasteiger partial charge in [0.15, 0.2) is 0 Å². The number of H-pyrrole nitrogens is 2. The summed E-state index contributed by atoms with van der Waals surface area (Å²) in [5.41, 5.74) is 3.02. The van der Waals surface area contributed by atoms with Crippen molar-refractivity contribution in [3.05, 3.63) is 70.7 Å². The zero-order chi connectivity index (χ0) is 19.8. The van der Waals surface area contributed by atoms with Crippen LogP contribution in [0.5, 0.6) is 0 Å². The number of rotatable bonds is 5. The molecule has 4 aromatic rings. The predicted octanol–water partition coefficient (Wildman–Crippen LogP) is 3.38. The van der Waals surface area contributed by atoms with Gasteiger partial charge in [-0.25, -0.2) is 9.18 Å². The van der Waals surface area contributed by atoms with Crippen LogP contribution in [0, 0.1) is 5.82 Å². The smallest absolute Gasteiger partial charge is 0.323 e. The number of anilines is 1. The Bertz CT molecular complexity index is 1230. The Kier molecular flexibility index (Phi) is 4.12. The molecule has 0 bridgehead atoms. The summed E-state index contributed by atoms with van der Waals surface area (Å²) in [7, 11) is 0. The van der Waals surface area contributed by atoms with Crippen molar-refractivity contribution in [2.45, 2.75) is 24.7 Å². The Balaban J connectivity index is 1.34. The Labute approximate surface area is 165 Å². The Morgan fingerprint density at radius 1 is 1.07 bits per heavy atom. The second-order valence-corrected chi connectivity index (χ2v) is 7.46. The third-order valence-corrected chi connectivity index (χ3v) is 5.66. The second kappa shape index (κ2) is 6.80. The number of nitrogens with zero attached hydrogens (tertiary/aromatic N) is 3. The van der Waals surface area contributed by atoms with E-state index in [1.807, 2.05) is 30.3 Å². The lowest BCUT2D eigenvalue weighted by atomic mass is 9.66. The highest BCUT2D eigenvalue weighted by Crippen LogP contribution is 2.43. The van der Waals surface area contributed by atoms with Gasteiger partial charge in [-0.3, -0.25) is 4.98 Å². The summed E-state index contributed by atoms with van der Waals surface area (Å²) in [4.78, 5) is 21.2. The molecule has 1 aliphatic carbocycles. The van der Waals surface area contributed by atoms with Gasteiger partial charge in [0.25, 0.3) is 0 Å². The number of aromatic nitrogens is 5. The molecule has 0 atom stereocenters. The van der Waals surface area contributed by atoms with Crippen LogP contribution in [0.4, 0.5) is 10.2 Å². The molecule has 5 rings (SSSR count). The van der Waals surface area contributed by atoms with Crippen molar-refractivity contribution < 1.29 is 4.39 Å². The fraction of sp³-hybridized carbons (Fsp3) is 0.238. The van der Waals surface area contributed by atoms with Crippen LogP contribution in [0.2, 0.25) is 0 Å². The van der Waals surface area contributed by atoms with Crippen molar-refractivity contribution in [1.82, 2.24) is 25.1 Å². The lowest BCUT2D eigenvalue weighted by molar-refractivity contribution is 0.243. The van der Waals surface area contributed by atoms with E-state index in [0.29, 0.717) is 23.8 Å². The summed E-state index contributed by atoms with van der Waals surface area (Å²) in [5.74, 6) is 0.376. The lowest BCUT2D eigenvalue weighted by Gasteiger charge is -2.41. The molecule has 1 fully saturated rings. The standard InChI is InChI=1S/C21H19FN6O/c22-14-3-1-10-23-19(14)21(8-2-9-21)12-24-18-7-6-15(27-28-18)13-4-5-16-17(11-13)26-20(29)25-16/h1,3-7,10-11H,2,8-9,12H2,(H,24,28)(H2,25,26,29). The van der Waals surface area contributed by atoms with Crippen molar-refractivity contribution in [3.8, 4) is 11.3 Å². The Morgan fingerprint density at radius 2 is 1.93 bits per heavy atom. The van der Waals surface area contributed by atoms with Crippen LogP contribution in [0.1, 0.15) is 25.0 Å². The molecule has 1 saturated carbocycles. The van der Waals surface area contributed by atoms with Crippen LogP contribution < -0.4 is 11.0 Å². The minimum atomic E-state index is -0.295. The summed E-state index contributed by atoms with van der Waals surface area (Å²) in [5, 5.41) is 11.8. The third-order valence-electron chi connectivity index (χ3n) is 5.66. The molecule has 0 spiro atoms. The molecule has 0 aliphatic heterocycles. The summed E-state index contributed by atoms with van der Waals surface area (Å²) < 4.78 is 14.2. The summed E-state index contributed by atoms with van der Waals surface area (Å²) in [6.45, 7) is 0.561. The molecule has 3 N–H and O–H groups in total. The first-order chi connectivity index (χ1) is 14.1. The van der Waals surface area contributed by atoms with Gasteiger partial charge in [-0.1, -0.05) is 12.5 Å². The molecule has 0 saturated heterocycles. The number of nitrogens with one attached hydrogen (secondary N) is 3. The van der Waals surface area contributed by atoms with Crippen LogP contribution in [-0.4, -0.2) is 31.7 Å². The number of hydrogen-bond acceptors (Lipinski definition) is 5. The molecule has 3 aromatic heterocycles. The molecule has 7 nitrogen and oxygen atoms in total. The van der Waals surface area contributed by atoms with E-state index >= 15 is 0 Å². The average molecular weight is 390 g/mol. The Hall–Kier alpha value is -3.55. The topological polar surface area (TPSA) is 99.3 Å². The normalized spacial score (nSPS) is 15.2. The van der Waals surface area contributed by atoms with Crippen LogP contribution in [0.3, 0.4) is 0 Å². The molecule has 29 heavy (non-hydrogen) atoms. The number of benzene rings is 1. The van der Waals surface area contributed by atoms with E-state index in [4.69, 9.17) is 0 Å². The van der Waals surface area contributed by atoms with E-state index in [0.717, 1.165) is 35.9 Å². The van der Waals surface area contributed by atoms with Gasteiger partial charge in [0.1, 0.15) is 11.6 Å². The number of fused-ring (bicyclic) bond motifs is 1. The van der Waals surface area contributed by atoms with Crippen LogP contribution >= 0.6 is 0 Å². The van der Waals surface area contributed by atoms with Crippen LogP contribution in [0.25, 0.3) is 22.3 Å². The lowest BCUT2D eigenvalue weighted by Crippen LogP contribution is -2.42. The van der Waals surface area contributed by atoms with Gasteiger partial charge in [0.2, 0.25) is 0 Å². The summed E-state index contributed by atoms with van der Waals surface area (Å²) in [6.07, 6.45) is 4.50. The van der Waals surface area contributed by atoms with Crippen molar-refractivity contribution in [2.75, 3.05) is 11.9 Å². The van der Waals surface area contributed by atoms with Gasteiger partial charge in [-0.15, -0.1) is 10.2 Å². The van der Waals surface area contributed by atoms with Gasteiger partial charge < -0.3 is 15.3 Å². The molecule has 1 aliphatic rings. The second-order valence-electron chi connectivity index (χ2n) is 7.46. The largest absolute Gasteiger partial charge is 0.368 e. The zero-order valence-corrected chi connectivity index (χ0v) is 15.6. The van der Waals surface area contributed by atoms with Crippen molar-refractivity contribution >= 4 is 16.9 Å². The van der Waals surface area contributed by atoms with Gasteiger partial charge in [0.05, 0.1) is 22.4 Å². The average Bonchev–Trinajstić information content (AvgIpc) is 3.08. The maximum atomic E-state index is 14.2. The molecular formula is C21H19FN6O. The first-order valence-corrected chi connectivity index (χ1v) is 9.54. The highest BCUT2D eigenvalue weighted by atomic mass is 19.1. The minimum absolute atomic E-state index is 0.239. The van der Waals surface area contributed by atoms with Gasteiger partial charge in [-0.05, 0) is 49.2 Å². The monoisotopic (exact) mass is 390 g/mol. The van der Waals surface area contributed by atoms with Crippen molar-refractivity contribution in [3.63, 3.8) is 0 Å².